The molecule has 1 N–H and O–H groups in total. The standard InChI is InChI=1S/C11H19N3O2S/c1-2-3-4-5-6-7-11(10-13)17(15,16)14-9-8-12/h11,14H,2-7,9H2,1H3. The van der Waals surface area contributed by atoms with Gasteiger partial charge in [0.25, 0.3) is 0 Å². The van der Waals surface area contributed by atoms with E-state index in [1.165, 1.54) is 0 Å². The van der Waals surface area contributed by atoms with Gasteiger partial charge in [0.2, 0.25) is 10.0 Å². The van der Waals surface area contributed by atoms with E-state index in [0.29, 0.717) is 6.42 Å². The lowest BCUT2D eigenvalue weighted by atomic mass is 10.1. The van der Waals surface area contributed by atoms with Gasteiger partial charge in [-0.25, -0.2) is 8.42 Å². The van der Waals surface area contributed by atoms with E-state index in [0.717, 1.165) is 32.1 Å². The fourth-order valence-corrected chi connectivity index (χ4v) is 2.54. The minimum atomic E-state index is -3.66. The Bertz CT molecular complexity index is 379. The first-order valence-electron chi connectivity index (χ1n) is 5.83. The minimum absolute atomic E-state index is 0.281. The van der Waals surface area contributed by atoms with Crippen molar-refractivity contribution in [2.45, 2.75) is 50.7 Å². The van der Waals surface area contributed by atoms with Crippen molar-refractivity contribution in [2.75, 3.05) is 6.54 Å². The Morgan fingerprint density at radius 1 is 1.18 bits per heavy atom. The smallest absolute Gasteiger partial charge is 0.211 e. The van der Waals surface area contributed by atoms with Crippen molar-refractivity contribution >= 4 is 10.0 Å². The molecule has 0 aliphatic heterocycles. The maximum atomic E-state index is 11.6. The predicted molar refractivity (Wildman–Crippen MR) is 65.3 cm³/mol. The first-order chi connectivity index (χ1) is 8.08. The summed E-state index contributed by atoms with van der Waals surface area (Å²) in [4.78, 5) is 0. The maximum Gasteiger partial charge on any atom is 0.228 e. The van der Waals surface area contributed by atoms with Crippen LogP contribution in [0.5, 0.6) is 0 Å². The molecule has 1 atom stereocenters. The second kappa shape index (κ2) is 8.98. The quantitative estimate of drug-likeness (QED) is 0.502. The average Bonchev–Trinajstić information content (AvgIpc) is 2.31. The molecule has 0 rings (SSSR count). The van der Waals surface area contributed by atoms with Gasteiger partial charge in [0.15, 0.2) is 5.25 Å². The number of hydrogen-bond acceptors (Lipinski definition) is 4. The molecule has 0 aromatic carbocycles. The number of hydrogen-bond donors (Lipinski definition) is 1. The molecule has 0 spiro atoms. The summed E-state index contributed by atoms with van der Waals surface area (Å²) in [6, 6.07) is 3.47. The van der Waals surface area contributed by atoms with Crippen molar-refractivity contribution < 1.29 is 8.42 Å². The third-order valence-electron chi connectivity index (χ3n) is 2.44. The summed E-state index contributed by atoms with van der Waals surface area (Å²) >= 11 is 0. The molecule has 0 aliphatic carbocycles. The molecule has 1 unspecified atom stereocenters. The number of nitrogens with zero attached hydrogens (tertiary/aromatic N) is 2. The summed E-state index contributed by atoms with van der Waals surface area (Å²) in [6.07, 6.45) is 5.34. The van der Waals surface area contributed by atoms with Crippen molar-refractivity contribution in [3.8, 4) is 12.1 Å². The number of nitrogens with one attached hydrogen (secondary N) is 1. The van der Waals surface area contributed by atoms with Crippen LogP contribution in [0, 0.1) is 22.7 Å². The van der Waals surface area contributed by atoms with E-state index >= 15 is 0 Å². The van der Waals surface area contributed by atoms with Gasteiger partial charge in [-0.1, -0.05) is 39.0 Å². The van der Waals surface area contributed by atoms with E-state index in [1.807, 2.05) is 0 Å². The second-order valence-corrected chi connectivity index (χ2v) is 5.79. The van der Waals surface area contributed by atoms with Crippen LogP contribution in [0.3, 0.4) is 0 Å². The Morgan fingerprint density at radius 2 is 1.82 bits per heavy atom. The largest absolute Gasteiger partial charge is 0.228 e. The van der Waals surface area contributed by atoms with Gasteiger partial charge in [0.1, 0.15) is 0 Å². The van der Waals surface area contributed by atoms with Crippen LogP contribution in [0.25, 0.3) is 0 Å². The monoisotopic (exact) mass is 257 g/mol. The van der Waals surface area contributed by atoms with Crippen molar-refractivity contribution in [3.05, 3.63) is 0 Å². The van der Waals surface area contributed by atoms with E-state index in [2.05, 4.69) is 11.6 Å². The van der Waals surface area contributed by atoms with Crippen LogP contribution in [0.15, 0.2) is 0 Å². The van der Waals surface area contributed by atoms with Gasteiger partial charge in [-0.05, 0) is 6.42 Å². The summed E-state index contributed by atoms with van der Waals surface area (Å²) in [5.74, 6) is 0. The molecule has 0 amide bonds. The minimum Gasteiger partial charge on any atom is -0.211 e. The van der Waals surface area contributed by atoms with E-state index in [1.54, 1.807) is 12.1 Å². The van der Waals surface area contributed by atoms with Crippen molar-refractivity contribution in [2.24, 2.45) is 0 Å². The zero-order chi connectivity index (χ0) is 13.1. The van der Waals surface area contributed by atoms with Gasteiger partial charge >= 0.3 is 0 Å². The van der Waals surface area contributed by atoms with Crippen LogP contribution < -0.4 is 4.72 Å². The summed E-state index contributed by atoms with van der Waals surface area (Å²) < 4.78 is 25.2. The van der Waals surface area contributed by atoms with E-state index in [4.69, 9.17) is 10.5 Å². The molecule has 0 saturated carbocycles. The molecular formula is C11H19N3O2S. The highest BCUT2D eigenvalue weighted by Crippen LogP contribution is 2.11. The van der Waals surface area contributed by atoms with Crippen LogP contribution in [-0.4, -0.2) is 20.2 Å². The lowest BCUT2D eigenvalue weighted by Crippen LogP contribution is -2.33. The van der Waals surface area contributed by atoms with Crippen molar-refractivity contribution in [1.29, 1.82) is 10.5 Å². The van der Waals surface area contributed by atoms with Gasteiger partial charge in [-0.2, -0.15) is 15.2 Å². The number of sulfonamides is 1. The summed E-state index contributed by atoms with van der Waals surface area (Å²) in [6.45, 7) is 1.82. The van der Waals surface area contributed by atoms with Crippen LogP contribution in [0.2, 0.25) is 0 Å². The predicted octanol–water partition coefficient (Wildman–Crippen LogP) is 1.68. The molecule has 17 heavy (non-hydrogen) atoms. The molecule has 0 aliphatic rings. The van der Waals surface area contributed by atoms with Gasteiger partial charge in [-0.15, -0.1) is 0 Å². The molecule has 6 heteroatoms. The highest BCUT2D eigenvalue weighted by atomic mass is 32.2. The Kier molecular flexibility index (Phi) is 8.39. The summed E-state index contributed by atoms with van der Waals surface area (Å²) in [5.41, 5.74) is 0. The lowest BCUT2D eigenvalue weighted by molar-refractivity contribution is 0.561. The molecule has 96 valence electrons. The van der Waals surface area contributed by atoms with Gasteiger partial charge in [0.05, 0.1) is 18.7 Å². The highest BCUT2D eigenvalue weighted by molar-refractivity contribution is 7.90. The van der Waals surface area contributed by atoms with Crippen LogP contribution in [-0.2, 0) is 10.0 Å². The van der Waals surface area contributed by atoms with Crippen LogP contribution in [0.1, 0.15) is 45.4 Å². The number of unbranched alkanes of at least 4 members (excludes halogenated alkanes) is 4. The molecule has 0 radical (unpaired) electrons. The Morgan fingerprint density at radius 3 is 2.35 bits per heavy atom. The third kappa shape index (κ3) is 6.93. The fourth-order valence-electron chi connectivity index (χ4n) is 1.46. The van der Waals surface area contributed by atoms with E-state index in [9.17, 15) is 8.42 Å². The normalized spacial score (nSPS) is 12.6. The lowest BCUT2D eigenvalue weighted by Gasteiger charge is -2.09. The molecule has 0 aromatic rings. The second-order valence-electron chi connectivity index (χ2n) is 3.84. The summed E-state index contributed by atoms with van der Waals surface area (Å²) in [7, 11) is -3.66. The fraction of sp³-hybridized carbons (Fsp3) is 0.818. The van der Waals surface area contributed by atoms with Gasteiger partial charge < -0.3 is 0 Å². The first-order valence-corrected chi connectivity index (χ1v) is 7.38. The third-order valence-corrected chi connectivity index (χ3v) is 4.08. The van der Waals surface area contributed by atoms with Crippen LogP contribution in [0.4, 0.5) is 0 Å². The zero-order valence-corrected chi connectivity index (χ0v) is 11.0. The maximum absolute atomic E-state index is 11.6. The van der Waals surface area contributed by atoms with Crippen molar-refractivity contribution in [1.82, 2.24) is 4.72 Å². The topological polar surface area (TPSA) is 93.8 Å². The van der Waals surface area contributed by atoms with E-state index < -0.39 is 15.3 Å². The molecule has 0 bridgehead atoms. The average molecular weight is 257 g/mol. The van der Waals surface area contributed by atoms with E-state index in [-0.39, 0.29) is 6.54 Å². The van der Waals surface area contributed by atoms with Gasteiger partial charge in [-0.3, -0.25) is 0 Å². The molecular weight excluding hydrogens is 238 g/mol. The first kappa shape index (κ1) is 15.9. The molecule has 0 heterocycles. The highest BCUT2D eigenvalue weighted by Gasteiger charge is 2.23. The Hall–Kier alpha value is -1.11. The molecule has 5 nitrogen and oxygen atoms in total. The molecule has 0 aromatic heterocycles. The number of rotatable bonds is 9. The summed E-state index contributed by atoms with van der Waals surface area (Å²) in [5, 5.41) is 16.1. The Labute approximate surface area is 103 Å². The van der Waals surface area contributed by atoms with Crippen molar-refractivity contribution in [3.63, 3.8) is 0 Å². The molecule has 0 fully saturated rings. The Balaban J connectivity index is 4.08. The number of nitriles is 2. The van der Waals surface area contributed by atoms with Gasteiger partial charge in [0, 0.05) is 0 Å². The SMILES string of the molecule is CCCCCCCC(C#N)S(=O)(=O)NCC#N. The molecule has 0 saturated heterocycles. The zero-order valence-electron chi connectivity index (χ0n) is 10.1. The van der Waals surface area contributed by atoms with Crippen LogP contribution >= 0.6 is 0 Å².